The number of ether oxygens (including phenoxy) is 1. The van der Waals surface area contributed by atoms with E-state index in [4.69, 9.17) is 26.3 Å². The van der Waals surface area contributed by atoms with Crippen molar-refractivity contribution in [1.29, 1.82) is 0 Å². The Labute approximate surface area is 248 Å². The van der Waals surface area contributed by atoms with Gasteiger partial charge >= 0.3 is 0 Å². The predicted molar refractivity (Wildman–Crippen MR) is 162 cm³/mol. The molecule has 1 saturated heterocycles. The Bertz CT molecular complexity index is 1620. The van der Waals surface area contributed by atoms with Gasteiger partial charge in [-0.05, 0) is 42.0 Å². The molecule has 2 N–H and O–H groups in total. The second-order valence-electron chi connectivity index (χ2n) is 10.2. The Morgan fingerprint density at radius 3 is 2.62 bits per heavy atom. The van der Waals surface area contributed by atoms with Crippen molar-refractivity contribution in [3.63, 3.8) is 0 Å². The van der Waals surface area contributed by atoms with Gasteiger partial charge < -0.3 is 15.4 Å². The molecule has 42 heavy (non-hydrogen) atoms. The summed E-state index contributed by atoms with van der Waals surface area (Å²) in [4.78, 5) is 28.8. The molecule has 0 spiro atoms. The van der Waals surface area contributed by atoms with Crippen LogP contribution in [-0.4, -0.2) is 65.9 Å². The average molecular weight is 585 g/mol. The van der Waals surface area contributed by atoms with Crippen molar-refractivity contribution in [3.05, 3.63) is 106 Å². The van der Waals surface area contributed by atoms with Crippen LogP contribution in [0.5, 0.6) is 0 Å². The summed E-state index contributed by atoms with van der Waals surface area (Å²) in [6.07, 6.45) is 2.05. The Hall–Kier alpha value is -4.18. The highest BCUT2D eigenvalue weighted by atomic mass is 35.5. The molecule has 214 valence electrons. The zero-order valence-corrected chi connectivity index (χ0v) is 23.7. The number of aliphatic imine (C=N–C) groups is 1. The van der Waals surface area contributed by atoms with Gasteiger partial charge in [0.05, 0.1) is 37.6 Å². The van der Waals surface area contributed by atoms with Crippen molar-refractivity contribution in [2.45, 2.75) is 13.0 Å². The first-order chi connectivity index (χ1) is 20.5. The molecule has 0 unspecified atom stereocenters. The van der Waals surface area contributed by atoms with Gasteiger partial charge in [0.1, 0.15) is 5.82 Å². The van der Waals surface area contributed by atoms with Crippen LogP contribution in [0.3, 0.4) is 0 Å². The fourth-order valence-corrected chi connectivity index (χ4v) is 5.30. The first-order valence-electron chi connectivity index (χ1n) is 13.9. The maximum Gasteiger partial charge on any atom is 0.227 e. The molecular weight excluding hydrogens is 555 g/mol. The topological polar surface area (TPSA) is 91.7 Å². The molecule has 8 nitrogen and oxygen atoms in total. The maximum atomic E-state index is 14.8. The van der Waals surface area contributed by atoms with Gasteiger partial charge in [-0.25, -0.2) is 14.4 Å². The van der Waals surface area contributed by atoms with Crippen LogP contribution in [-0.2, 0) is 22.5 Å². The predicted octanol–water partition coefficient (Wildman–Crippen LogP) is 5.02. The third-order valence-electron chi connectivity index (χ3n) is 7.32. The van der Waals surface area contributed by atoms with Gasteiger partial charge in [0.15, 0.2) is 0 Å². The number of nitrogens with zero attached hydrogens (tertiary/aromatic N) is 4. The third kappa shape index (κ3) is 6.49. The molecule has 4 aromatic rings. The van der Waals surface area contributed by atoms with E-state index in [1.165, 1.54) is 6.07 Å². The van der Waals surface area contributed by atoms with E-state index in [0.717, 1.165) is 55.2 Å². The fourth-order valence-electron chi connectivity index (χ4n) is 5.13. The number of nitrogens with one attached hydrogen (secondary N) is 2. The largest absolute Gasteiger partial charge is 0.379 e. The summed E-state index contributed by atoms with van der Waals surface area (Å²) >= 11 is 6.36. The number of hydrogen-bond acceptors (Lipinski definition) is 7. The summed E-state index contributed by atoms with van der Waals surface area (Å²) in [6, 6.07) is 19.7. The Morgan fingerprint density at radius 1 is 1.00 bits per heavy atom. The molecule has 3 aromatic carbocycles. The molecule has 3 heterocycles. The summed E-state index contributed by atoms with van der Waals surface area (Å²) in [5.41, 5.74) is 5.68. The Kier molecular flexibility index (Phi) is 8.50. The summed E-state index contributed by atoms with van der Waals surface area (Å²) in [5, 5.41) is 6.78. The number of rotatable bonds is 8. The summed E-state index contributed by atoms with van der Waals surface area (Å²) in [6.45, 7) is 5.05. The van der Waals surface area contributed by atoms with Crippen LogP contribution in [0, 0.1) is 5.82 Å². The number of anilines is 2. The second-order valence-corrected chi connectivity index (χ2v) is 10.6. The van der Waals surface area contributed by atoms with E-state index in [1.807, 2.05) is 30.3 Å². The van der Waals surface area contributed by atoms with E-state index in [1.54, 1.807) is 36.5 Å². The van der Waals surface area contributed by atoms with Crippen LogP contribution in [0.1, 0.15) is 22.3 Å². The number of fused-ring (bicyclic) bond motifs is 3. The third-order valence-corrected chi connectivity index (χ3v) is 7.56. The molecule has 10 heteroatoms. The molecule has 1 amide bonds. The zero-order chi connectivity index (χ0) is 28.9. The van der Waals surface area contributed by atoms with Crippen molar-refractivity contribution in [2.75, 3.05) is 44.7 Å². The molecule has 0 aliphatic carbocycles. The van der Waals surface area contributed by atoms with Gasteiger partial charge in [-0.15, -0.1) is 0 Å². The van der Waals surface area contributed by atoms with Gasteiger partial charge in [-0.2, -0.15) is 0 Å². The number of amides is 1. The lowest BCUT2D eigenvalue weighted by atomic mass is 9.95. The quantitative estimate of drug-likeness (QED) is 0.302. The number of benzene rings is 3. The highest BCUT2D eigenvalue weighted by Crippen LogP contribution is 2.34. The summed E-state index contributed by atoms with van der Waals surface area (Å²) < 4.78 is 20.1. The van der Waals surface area contributed by atoms with Gasteiger partial charge in [0.25, 0.3) is 0 Å². The van der Waals surface area contributed by atoms with Crippen molar-refractivity contribution < 1.29 is 13.9 Å². The van der Waals surface area contributed by atoms with E-state index < -0.39 is 0 Å². The molecule has 2 aliphatic rings. The van der Waals surface area contributed by atoms with E-state index in [-0.39, 0.29) is 11.7 Å². The normalized spacial score (nSPS) is 14.8. The minimum absolute atomic E-state index is 0.00575. The number of aromatic nitrogens is 2. The monoisotopic (exact) mass is 584 g/mol. The Balaban J connectivity index is 1.15. The molecule has 2 aliphatic heterocycles. The Morgan fingerprint density at radius 2 is 1.81 bits per heavy atom. The SMILES string of the molecule is O=C(Cc1ccc(Nc2ncc3c(n2)-c2ccc(Cl)cc2C(c2ccccc2F)=NC3)cc1)NCCN1CCOCC1. The standard InChI is InChI=1S/C32H30ClFN6O2/c33-23-7-10-25-27(18-23)31(26-3-1-2-4-28(26)34)36-19-22-20-37-32(39-30(22)25)38-24-8-5-21(6-9-24)17-29(41)35-11-12-40-13-15-42-16-14-40/h1-10,18,20H,11-17,19H2,(H,35,41)(H,37,38,39). The number of hydrogen-bond donors (Lipinski definition) is 2. The number of carbonyl (C=O) groups is 1. The van der Waals surface area contributed by atoms with Gasteiger partial charge in [0, 0.05) is 65.3 Å². The summed E-state index contributed by atoms with van der Waals surface area (Å²) in [7, 11) is 0. The lowest BCUT2D eigenvalue weighted by molar-refractivity contribution is -0.120. The molecule has 0 radical (unpaired) electrons. The molecule has 0 bridgehead atoms. The highest BCUT2D eigenvalue weighted by molar-refractivity contribution is 6.31. The minimum Gasteiger partial charge on any atom is -0.379 e. The van der Waals surface area contributed by atoms with E-state index in [9.17, 15) is 9.18 Å². The van der Waals surface area contributed by atoms with Crippen molar-refractivity contribution in [1.82, 2.24) is 20.2 Å². The average Bonchev–Trinajstić information content (AvgIpc) is 3.15. The molecule has 1 fully saturated rings. The van der Waals surface area contributed by atoms with Crippen LogP contribution in [0.15, 0.2) is 77.9 Å². The second kappa shape index (κ2) is 12.8. The molecular formula is C32H30ClFN6O2. The van der Waals surface area contributed by atoms with Crippen molar-refractivity contribution in [2.24, 2.45) is 4.99 Å². The molecule has 0 saturated carbocycles. The van der Waals surface area contributed by atoms with E-state index >= 15 is 0 Å². The van der Waals surface area contributed by atoms with E-state index in [2.05, 4.69) is 20.5 Å². The number of carbonyl (C=O) groups excluding carboxylic acids is 1. The van der Waals surface area contributed by atoms with Crippen LogP contribution < -0.4 is 10.6 Å². The van der Waals surface area contributed by atoms with Crippen LogP contribution in [0.25, 0.3) is 11.3 Å². The zero-order valence-electron chi connectivity index (χ0n) is 22.9. The fraction of sp³-hybridized carbons (Fsp3) is 0.250. The van der Waals surface area contributed by atoms with Crippen LogP contribution in [0.2, 0.25) is 5.02 Å². The van der Waals surface area contributed by atoms with E-state index in [0.29, 0.717) is 53.0 Å². The van der Waals surface area contributed by atoms with Gasteiger partial charge in [0.2, 0.25) is 11.9 Å². The number of halogens is 2. The highest BCUT2D eigenvalue weighted by Gasteiger charge is 2.23. The molecule has 0 atom stereocenters. The van der Waals surface area contributed by atoms with Crippen LogP contribution >= 0.6 is 11.6 Å². The lowest BCUT2D eigenvalue weighted by Crippen LogP contribution is -2.41. The van der Waals surface area contributed by atoms with Crippen LogP contribution in [0.4, 0.5) is 16.0 Å². The number of morpholine rings is 1. The summed E-state index contributed by atoms with van der Waals surface area (Å²) in [5.74, 6) is 0.0573. The van der Waals surface area contributed by atoms with Gasteiger partial charge in [-0.1, -0.05) is 41.9 Å². The first kappa shape index (κ1) is 28.0. The maximum absolute atomic E-state index is 14.8. The van der Waals surface area contributed by atoms with Crippen molar-refractivity contribution >= 4 is 34.9 Å². The first-order valence-corrected chi connectivity index (χ1v) is 14.3. The minimum atomic E-state index is -0.351. The lowest BCUT2D eigenvalue weighted by Gasteiger charge is -2.26. The van der Waals surface area contributed by atoms with Crippen molar-refractivity contribution in [3.8, 4) is 11.3 Å². The molecule has 6 rings (SSSR count). The smallest absolute Gasteiger partial charge is 0.227 e. The molecule has 1 aromatic heterocycles. The van der Waals surface area contributed by atoms with Gasteiger partial charge in [-0.3, -0.25) is 14.7 Å².